The number of nitro benzene ring substituents is 1. The van der Waals surface area contributed by atoms with E-state index in [0.29, 0.717) is 45.0 Å². The lowest BCUT2D eigenvalue weighted by atomic mass is 10.0. The van der Waals surface area contributed by atoms with Gasteiger partial charge in [0, 0.05) is 24.8 Å². The maximum atomic E-state index is 11.4. The van der Waals surface area contributed by atoms with E-state index < -0.39 is 10.8 Å². The molecule has 0 bridgehead atoms. The molecule has 1 aromatic rings. The van der Waals surface area contributed by atoms with Crippen LogP contribution in [0.4, 0.5) is 5.69 Å². The molecule has 22 heavy (non-hydrogen) atoms. The minimum Gasteiger partial charge on any atom is -0.382 e. The summed E-state index contributed by atoms with van der Waals surface area (Å²) in [5, 5.41) is 10.7. The summed E-state index contributed by atoms with van der Waals surface area (Å²) < 4.78 is 15.4. The van der Waals surface area contributed by atoms with Crippen molar-refractivity contribution in [3.8, 4) is 0 Å². The number of rotatable bonds is 11. The van der Waals surface area contributed by atoms with Crippen LogP contribution < -0.4 is 5.73 Å². The molecule has 0 fully saturated rings. The molecule has 1 rings (SSSR count). The highest BCUT2D eigenvalue weighted by Gasteiger charge is 2.14. The summed E-state index contributed by atoms with van der Waals surface area (Å²) in [5.74, 6) is -0.693. The van der Waals surface area contributed by atoms with E-state index in [0.717, 1.165) is 0 Å². The molecule has 1 amide bonds. The zero-order valence-corrected chi connectivity index (χ0v) is 12.4. The fourth-order valence-corrected chi connectivity index (χ4v) is 1.77. The van der Waals surface area contributed by atoms with Gasteiger partial charge in [0.15, 0.2) is 0 Å². The van der Waals surface area contributed by atoms with E-state index in [2.05, 4.69) is 0 Å². The summed E-state index contributed by atoms with van der Waals surface area (Å²) >= 11 is 0. The van der Waals surface area contributed by atoms with Crippen LogP contribution in [-0.4, -0.2) is 51.0 Å². The molecule has 0 saturated heterocycles. The van der Waals surface area contributed by atoms with Crippen molar-refractivity contribution in [1.82, 2.24) is 0 Å². The molecule has 0 saturated carbocycles. The number of benzene rings is 1. The minimum atomic E-state index is -0.693. The second-order valence-electron chi connectivity index (χ2n) is 4.43. The van der Waals surface area contributed by atoms with Crippen LogP contribution in [0.1, 0.15) is 15.9 Å². The Kier molecular flexibility index (Phi) is 8.05. The molecule has 122 valence electrons. The monoisotopic (exact) mass is 312 g/mol. The number of non-ortho nitro benzene ring substituents is 1. The molecule has 2 N–H and O–H groups in total. The van der Waals surface area contributed by atoms with Gasteiger partial charge in [0.1, 0.15) is 0 Å². The summed E-state index contributed by atoms with van der Waals surface area (Å²) in [4.78, 5) is 21.5. The SMILES string of the molecule is COCCOCCOCCc1ccc([N+](=O)[O-])cc1C(N)=O. The lowest BCUT2D eigenvalue weighted by molar-refractivity contribution is -0.384. The molecule has 0 spiro atoms. The van der Waals surface area contributed by atoms with Crippen molar-refractivity contribution in [2.45, 2.75) is 6.42 Å². The molecular formula is C14H20N2O6. The number of primary amides is 1. The molecule has 0 aliphatic carbocycles. The average molecular weight is 312 g/mol. The third-order valence-electron chi connectivity index (χ3n) is 2.89. The Morgan fingerprint density at radius 1 is 1.18 bits per heavy atom. The molecule has 1 aromatic carbocycles. The van der Waals surface area contributed by atoms with Gasteiger partial charge in [-0.25, -0.2) is 0 Å². The van der Waals surface area contributed by atoms with Crippen LogP contribution in [0, 0.1) is 10.1 Å². The van der Waals surface area contributed by atoms with Crippen LogP contribution in [-0.2, 0) is 20.6 Å². The Morgan fingerprint density at radius 2 is 1.82 bits per heavy atom. The summed E-state index contributed by atoms with van der Waals surface area (Å²) in [6.07, 6.45) is 0.439. The smallest absolute Gasteiger partial charge is 0.270 e. The van der Waals surface area contributed by atoms with Crippen molar-refractivity contribution >= 4 is 11.6 Å². The van der Waals surface area contributed by atoms with Crippen molar-refractivity contribution in [2.24, 2.45) is 5.73 Å². The summed E-state index contributed by atoms with van der Waals surface area (Å²) in [6.45, 7) is 2.28. The number of carbonyl (C=O) groups is 1. The second-order valence-corrected chi connectivity index (χ2v) is 4.43. The standard InChI is InChI=1S/C14H20N2O6/c1-20-6-7-22-9-8-21-5-4-11-2-3-12(16(18)19)10-13(11)14(15)17/h2-3,10H,4-9H2,1H3,(H2,15,17). The van der Waals surface area contributed by atoms with Gasteiger partial charge in [-0.3, -0.25) is 14.9 Å². The lowest BCUT2D eigenvalue weighted by Crippen LogP contribution is -2.15. The quantitative estimate of drug-likeness (QED) is 0.369. The average Bonchev–Trinajstić information content (AvgIpc) is 2.49. The van der Waals surface area contributed by atoms with Crippen molar-refractivity contribution in [3.05, 3.63) is 39.4 Å². The molecule has 8 nitrogen and oxygen atoms in total. The van der Waals surface area contributed by atoms with Crippen LogP contribution in [0.5, 0.6) is 0 Å². The van der Waals surface area contributed by atoms with Crippen LogP contribution >= 0.6 is 0 Å². The molecule has 0 unspecified atom stereocenters. The number of nitrogens with two attached hydrogens (primary N) is 1. The van der Waals surface area contributed by atoms with Crippen LogP contribution in [0.2, 0.25) is 0 Å². The number of ether oxygens (including phenoxy) is 3. The maximum Gasteiger partial charge on any atom is 0.270 e. The van der Waals surface area contributed by atoms with Crippen LogP contribution in [0.15, 0.2) is 18.2 Å². The zero-order valence-electron chi connectivity index (χ0n) is 12.4. The van der Waals surface area contributed by atoms with E-state index in [4.69, 9.17) is 19.9 Å². The van der Waals surface area contributed by atoms with Crippen LogP contribution in [0.3, 0.4) is 0 Å². The largest absolute Gasteiger partial charge is 0.382 e. The first-order chi connectivity index (χ1) is 10.6. The molecule has 0 radical (unpaired) electrons. The van der Waals surface area contributed by atoms with Crippen molar-refractivity contribution in [2.75, 3.05) is 40.1 Å². The molecule has 0 atom stereocenters. The summed E-state index contributed by atoms with van der Waals surface area (Å²) in [7, 11) is 1.60. The van der Waals surface area contributed by atoms with Gasteiger partial charge in [-0.15, -0.1) is 0 Å². The molecule has 8 heteroatoms. The number of methoxy groups -OCH3 is 1. The van der Waals surface area contributed by atoms with E-state index in [9.17, 15) is 14.9 Å². The predicted octanol–water partition coefficient (Wildman–Crippen LogP) is 0.916. The first-order valence-electron chi connectivity index (χ1n) is 6.77. The highest BCUT2D eigenvalue weighted by Crippen LogP contribution is 2.18. The molecule has 0 aliphatic heterocycles. The minimum absolute atomic E-state index is 0.147. The number of nitrogens with zero attached hydrogens (tertiary/aromatic N) is 1. The number of nitro groups is 1. The fourth-order valence-electron chi connectivity index (χ4n) is 1.77. The first kappa shape index (κ1) is 18.0. The third kappa shape index (κ3) is 6.17. The number of hydrogen-bond acceptors (Lipinski definition) is 6. The van der Waals surface area contributed by atoms with Crippen molar-refractivity contribution in [1.29, 1.82) is 0 Å². The normalized spacial score (nSPS) is 10.6. The fraction of sp³-hybridized carbons (Fsp3) is 0.500. The first-order valence-corrected chi connectivity index (χ1v) is 6.77. The molecule has 0 aliphatic rings. The van der Waals surface area contributed by atoms with E-state index in [-0.39, 0.29) is 11.3 Å². The van der Waals surface area contributed by atoms with Gasteiger partial charge in [-0.05, 0) is 12.0 Å². The zero-order chi connectivity index (χ0) is 16.4. The predicted molar refractivity (Wildman–Crippen MR) is 78.8 cm³/mol. The Morgan fingerprint density at radius 3 is 2.41 bits per heavy atom. The maximum absolute atomic E-state index is 11.4. The van der Waals surface area contributed by atoms with Crippen molar-refractivity contribution in [3.63, 3.8) is 0 Å². The van der Waals surface area contributed by atoms with Gasteiger partial charge >= 0.3 is 0 Å². The van der Waals surface area contributed by atoms with Gasteiger partial charge in [0.2, 0.25) is 5.91 Å². The highest BCUT2D eigenvalue weighted by atomic mass is 16.6. The summed E-state index contributed by atoms with van der Waals surface area (Å²) in [5.41, 5.74) is 5.86. The van der Waals surface area contributed by atoms with Gasteiger partial charge in [0.05, 0.1) is 38.0 Å². The van der Waals surface area contributed by atoms with Gasteiger partial charge in [-0.2, -0.15) is 0 Å². The Hall–Kier alpha value is -2.03. The Balaban J connectivity index is 2.42. The van der Waals surface area contributed by atoms with Gasteiger partial charge in [-0.1, -0.05) is 6.07 Å². The molecule has 0 heterocycles. The van der Waals surface area contributed by atoms with E-state index in [1.165, 1.54) is 18.2 Å². The third-order valence-corrected chi connectivity index (χ3v) is 2.89. The molecular weight excluding hydrogens is 292 g/mol. The van der Waals surface area contributed by atoms with Gasteiger partial charge in [0.25, 0.3) is 5.69 Å². The topological polar surface area (TPSA) is 114 Å². The number of carbonyl (C=O) groups excluding carboxylic acids is 1. The van der Waals surface area contributed by atoms with Crippen molar-refractivity contribution < 1.29 is 23.9 Å². The molecule has 0 aromatic heterocycles. The van der Waals surface area contributed by atoms with Gasteiger partial charge < -0.3 is 19.9 Å². The van der Waals surface area contributed by atoms with E-state index in [1.54, 1.807) is 7.11 Å². The lowest BCUT2D eigenvalue weighted by Gasteiger charge is -2.08. The van der Waals surface area contributed by atoms with E-state index in [1.807, 2.05) is 0 Å². The highest BCUT2D eigenvalue weighted by molar-refractivity contribution is 5.95. The van der Waals surface area contributed by atoms with Crippen LogP contribution in [0.25, 0.3) is 0 Å². The Labute approximate surface area is 128 Å². The Bertz CT molecular complexity index is 506. The summed E-state index contributed by atoms with van der Waals surface area (Å²) in [6, 6.07) is 4.05. The van der Waals surface area contributed by atoms with E-state index >= 15 is 0 Å². The second kappa shape index (κ2) is 9.82. The number of hydrogen-bond donors (Lipinski definition) is 1. The number of amides is 1.